The standard InChI is InChI=1S/C21H24N2O2/c24-19(22-18-7-8-18)9-11-21(12-10-20(25)23-21)14-15-5-6-16-3-1-2-4-17(16)13-15/h1-6,13,18H,7-12,14H2,(H,22,24)(H,23,25)/t21-/m0/s1. The van der Waals surface area contributed by atoms with E-state index >= 15 is 0 Å². The molecule has 2 amide bonds. The molecule has 2 aromatic rings. The van der Waals surface area contributed by atoms with E-state index in [9.17, 15) is 9.59 Å². The molecule has 2 fully saturated rings. The Bertz CT molecular complexity index is 812. The van der Waals surface area contributed by atoms with Gasteiger partial charge < -0.3 is 10.6 Å². The molecule has 4 heteroatoms. The van der Waals surface area contributed by atoms with Crippen molar-refractivity contribution in [3.05, 3.63) is 48.0 Å². The highest BCUT2D eigenvalue weighted by Gasteiger charge is 2.38. The van der Waals surface area contributed by atoms with Crippen LogP contribution in [0.1, 0.15) is 44.1 Å². The maximum atomic E-state index is 12.1. The third-order valence-electron chi connectivity index (χ3n) is 5.36. The molecule has 130 valence electrons. The Balaban J connectivity index is 1.49. The molecule has 0 spiro atoms. The lowest BCUT2D eigenvalue weighted by molar-refractivity contribution is -0.122. The van der Waals surface area contributed by atoms with Crippen LogP contribution in [0.4, 0.5) is 0 Å². The number of amides is 2. The number of carbonyl (C=O) groups excluding carboxylic acids is 2. The summed E-state index contributed by atoms with van der Waals surface area (Å²) in [5.41, 5.74) is 0.920. The molecule has 1 atom stereocenters. The number of carbonyl (C=O) groups is 2. The average molecular weight is 336 g/mol. The van der Waals surface area contributed by atoms with E-state index in [1.807, 2.05) is 12.1 Å². The zero-order chi connectivity index (χ0) is 17.3. The Labute approximate surface area is 148 Å². The SMILES string of the molecule is O=C(CC[C@@]1(Cc2ccc3ccccc3c2)CCC(=O)N1)NC1CC1. The normalized spacial score (nSPS) is 22.8. The highest BCUT2D eigenvalue weighted by atomic mass is 16.2. The van der Waals surface area contributed by atoms with Crippen molar-refractivity contribution < 1.29 is 9.59 Å². The van der Waals surface area contributed by atoms with E-state index in [2.05, 4.69) is 41.0 Å². The van der Waals surface area contributed by atoms with Crippen LogP contribution in [0.25, 0.3) is 10.8 Å². The zero-order valence-electron chi connectivity index (χ0n) is 14.4. The number of fused-ring (bicyclic) bond motifs is 1. The second kappa shape index (κ2) is 6.51. The molecule has 1 heterocycles. The second-order valence-corrected chi connectivity index (χ2v) is 7.53. The summed E-state index contributed by atoms with van der Waals surface area (Å²) in [5, 5.41) is 8.65. The minimum Gasteiger partial charge on any atom is -0.353 e. The van der Waals surface area contributed by atoms with Crippen LogP contribution in [0.5, 0.6) is 0 Å². The van der Waals surface area contributed by atoms with Gasteiger partial charge >= 0.3 is 0 Å². The summed E-state index contributed by atoms with van der Waals surface area (Å²) in [6, 6.07) is 15.2. The van der Waals surface area contributed by atoms with Gasteiger partial charge in [-0.1, -0.05) is 42.5 Å². The first-order valence-electron chi connectivity index (χ1n) is 9.20. The molecule has 1 aliphatic heterocycles. The van der Waals surface area contributed by atoms with Crippen LogP contribution in [0.3, 0.4) is 0 Å². The van der Waals surface area contributed by atoms with E-state index in [-0.39, 0.29) is 17.4 Å². The van der Waals surface area contributed by atoms with Crippen LogP contribution < -0.4 is 10.6 Å². The van der Waals surface area contributed by atoms with Gasteiger partial charge in [0.1, 0.15) is 0 Å². The van der Waals surface area contributed by atoms with Crippen molar-refractivity contribution in [2.45, 2.75) is 56.5 Å². The highest BCUT2D eigenvalue weighted by Crippen LogP contribution is 2.31. The van der Waals surface area contributed by atoms with E-state index < -0.39 is 0 Å². The molecule has 0 radical (unpaired) electrons. The number of benzene rings is 2. The Hall–Kier alpha value is -2.36. The fraction of sp³-hybridized carbons (Fsp3) is 0.429. The molecule has 2 aromatic carbocycles. The van der Waals surface area contributed by atoms with Gasteiger partial charge in [0.25, 0.3) is 0 Å². The first-order chi connectivity index (χ1) is 12.1. The number of hydrogen-bond acceptors (Lipinski definition) is 2. The maximum absolute atomic E-state index is 12.1. The van der Waals surface area contributed by atoms with Crippen LogP contribution in [0.2, 0.25) is 0 Å². The number of nitrogens with one attached hydrogen (secondary N) is 2. The van der Waals surface area contributed by atoms with Gasteiger partial charge in [-0.3, -0.25) is 9.59 Å². The average Bonchev–Trinajstić information content (AvgIpc) is 3.35. The minimum absolute atomic E-state index is 0.100. The van der Waals surface area contributed by atoms with Crippen molar-refractivity contribution in [3.8, 4) is 0 Å². The van der Waals surface area contributed by atoms with Crippen LogP contribution in [-0.2, 0) is 16.0 Å². The van der Waals surface area contributed by atoms with E-state index in [1.165, 1.54) is 16.3 Å². The van der Waals surface area contributed by atoms with Crippen LogP contribution >= 0.6 is 0 Å². The van der Waals surface area contributed by atoms with Gasteiger partial charge in [0.05, 0.1) is 0 Å². The smallest absolute Gasteiger partial charge is 0.220 e. The lowest BCUT2D eigenvalue weighted by atomic mass is 9.84. The largest absolute Gasteiger partial charge is 0.353 e. The summed E-state index contributed by atoms with van der Waals surface area (Å²) >= 11 is 0. The summed E-state index contributed by atoms with van der Waals surface area (Å²) in [6.45, 7) is 0. The van der Waals surface area contributed by atoms with Crippen LogP contribution in [0, 0.1) is 0 Å². The van der Waals surface area contributed by atoms with E-state index in [4.69, 9.17) is 0 Å². The molecule has 1 saturated carbocycles. The molecule has 0 bridgehead atoms. The lowest BCUT2D eigenvalue weighted by Crippen LogP contribution is -2.44. The molecule has 2 N–H and O–H groups in total. The highest BCUT2D eigenvalue weighted by molar-refractivity contribution is 5.83. The van der Waals surface area contributed by atoms with E-state index in [0.717, 1.165) is 25.7 Å². The van der Waals surface area contributed by atoms with Gasteiger partial charge in [-0.2, -0.15) is 0 Å². The van der Waals surface area contributed by atoms with E-state index in [1.54, 1.807) is 0 Å². The van der Waals surface area contributed by atoms with Gasteiger partial charge in [0.2, 0.25) is 11.8 Å². The Morgan fingerprint density at radius 1 is 1.16 bits per heavy atom. The lowest BCUT2D eigenvalue weighted by Gasteiger charge is -2.29. The molecule has 1 aliphatic carbocycles. The van der Waals surface area contributed by atoms with Gasteiger partial charge in [-0.25, -0.2) is 0 Å². The molecule has 0 aromatic heterocycles. The quantitative estimate of drug-likeness (QED) is 0.852. The fourth-order valence-electron chi connectivity index (χ4n) is 3.80. The van der Waals surface area contributed by atoms with Crippen molar-refractivity contribution >= 4 is 22.6 Å². The summed E-state index contributed by atoms with van der Waals surface area (Å²) in [4.78, 5) is 24.0. The fourth-order valence-corrected chi connectivity index (χ4v) is 3.80. The van der Waals surface area contributed by atoms with Crippen molar-refractivity contribution in [1.82, 2.24) is 10.6 Å². The molecular formula is C21H24N2O2. The van der Waals surface area contributed by atoms with Crippen molar-refractivity contribution in [3.63, 3.8) is 0 Å². The molecule has 0 unspecified atom stereocenters. The number of hydrogen-bond donors (Lipinski definition) is 2. The Morgan fingerprint density at radius 2 is 1.96 bits per heavy atom. The molecule has 4 nitrogen and oxygen atoms in total. The predicted molar refractivity (Wildman–Crippen MR) is 98.2 cm³/mol. The maximum Gasteiger partial charge on any atom is 0.220 e. The second-order valence-electron chi connectivity index (χ2n) is 7.53. The predicted octanol–water partition coefficient (Wildman–Crippen LogP) is 3.09. The van der Waals surface area contributed by atoms with Crippen molar-refractivity contribution in [1.29, 1.82) is 0 Å². The summed E-state index contributed by atoms with van der Waals surface area (Å²) in [7, 11) is 0. The Morgan fingerprint density at radius 3 is 2.68 bits per heavy atom. The van der Waals surface area contributed by atoms with Gasteiger partial charge in [-0.05, 0) is 48.4 Å². The van der Waals surface area contributed by atoms with Crippen molar-refractivity contribution in [2.24, 2.45) is 0 Å². The number of rotatable bonds is 6. The molecule has 2 aliphatic rings. The topological polar surface area (TPSA) is 58.2 Å². The molecule has 25 heavy (non-hydrogen) atoms. The Kier molecular flexibility index (Phi) is 4.20. The monoisotopic (exact) mass is 336 g/mol. The first-order valence-corrected chi connectivity index (χ1v) is 9.20. The summed E-state index contributed by atoms with van der Waals surface area (Å²) in [5.74, 6) is 0.213. The molecule has 4 rings (SSSR count). The third-order valence-corrected chi connectivity index (χ3v) is 5.36. The summed E-state index contributed by atoms with van der Waals surface area (Å²) in [6.07, 6.45) is 5.51. The van der Waals surface area contributed by atoms with Crippen LogP contribution in [-0.4, -0.2) is 23.4 Å². The van der Waals surface area contributed by atoms with Crippen LogP contribution in [0.15, 0.2) is 42.5 Å². The third kappa shape index (κ3) is 3.84. The van der Waals surface area contributed by atoms with Gasteiger partial charge in [0, 0.05) is 24.4 Å². The molecular weight excluding hydrogens is 312 g/mol. The van der Waals surface area contributed by atoms with Gasteiger partial charge in [0.15, 0.2) is 0 Å². The summed E-state index contributed by atoms with van der Waals surface area (Å²) < 4.78 is 0. The first kappa shape index (κ1) is 16.1. The van der Waals surface area contributed by atoms with E-state index in [0.29, 0.717) is 25.3 Å². The van der Waals surface area contributed by atoms with Gasteiger partial charge in [-0.15, -0.1) is 0 Å². The minimum atomic E-state index is -0.291. The molecule has 1 saturated heterocycles. The zero-order valence-corrected chi connectivity index (χ0v) is 14.4. The van der Waals surface area contributed by atoms with Crippen molar-refractivity contribution in [2.75, 3.05) is 0 Å².